The molecular weight excluding hydrogens is 422 g/mol. The average molecular weight is 442 g/mol. The van der Waals surface area contributed by atoms with Crippen molar-refractivity contribution in [2.45, 2.75) is 12.5 Å². The first-order chi connectivity index (χ1) is 14.6. The van der Waals surface area contributed by atoms with Gasteiger partial charge < -0.3 is 20.3 Å². The summed E-state index contributed by atoms with van der Waals surface area (Å²) in [6, 6.07) is 17.7. The number of anilines is 2. The van der Waals surface area contributed by atoms with Crippen molar-refractivity contribution in [1.29, 1.82) is 0 Å². The summed E-state index contributed by atoms with van der Waals surface area (Å²) in [6.45, 7) is 1.10. The zero-order valence-electron chi connectivity index (χ0n) is 16.0. The minimum absolute atomic E-state index is 0.0781. The van der Waals surface area contributed by atoms with E-state index in [0.717, 1.165) is 6.42 Å². The number of hydrogen-bond donors (Lipinski definition) is 2. The lowest BCUT2D eigenvalue weighted by atomic mass is 10.2. The van der Waals surface area contributed by atoms with Crippen molar-refractivity contribution < 1.29 is 14.3 Å². The van der Waals surface area contributed by atoms with Gasteiger partial charge in [-0.25, -0.2) is 4.79 Å². The molecule has 0 spiro atoms. The summed E-state index contributed by atoms with van der Waals surface area (Å²) in [5.74, 6) is 0.526. The molecular formula is C22H20ClN3O3S. The lowest BCUT2D eigenvalue weighted by Crippen LogP contribution is -2.34. The number of urea groups is 1. The molecule has 1 atom stereocenters. The lowest BCUT2D eigenvalue weighted by Gasteiger charge is -2.18. The van der Waals surface area contributed by atoms with Crippen LogP contribution in [0.2, 0.25) is 5.02 Å². The van der Waals surface area contributed by atoms with E-state index in [2.05, 4.69) is 10.6 Å². The van der Waals surface area contributed by atoms with Crippen LogP contribution in [0.3, 0.4) is 0 Å². The first-order valence-corrected chi connectivity index (χ1v) is 10.8. The molecule has 154 valence electrons. The van der Waals surface area contributed by atoms with Crippen LogP contribution in [-0.4, -0.2) is 36.0 Å². The van der Waals surface area contributed by atoms with E-state index in [4.69, 9.17) is 16.3 Å². The number of carbonyl (C=O) groups excluding carboxylic acids is 2. The number of likely N-dealkylation sites (tertiary alicyclic amines) is 1. The molecule has 1 aromatic heterocycles. The number of nitrogens with zero attached hydrogens (tertiary/aromatic N) is 1. The quantitative estimate of drug-likeness (QED) is 0.561. The molecule has 1 fully saturated rings. The van der Waals surface area contributed by atoms with Crippen molar-refractivity contribution in [2.24, 2.45) is 0 Å². The minimum atomic E-state index is -0.200. The van der Waals surface area contributed by atoms with Gasteiger partial charge in [-0.3, -0.25) is 4.79 Å². The molecule has 1 aliphatic heterocycles. The zero-order valence-corrected chi connectivity index (χ0v) is 17.6. The molecule has 3 aromatic rings. The zero-order chi connectivity index (χ0) is 20.9. The topological polar surface area (TPSA) is 70.7 Å². The molecule has 30 heavy (non-hydrogen) atoms. The fraction of sp³-hybridized carbons (Fsp3) is 0.182. The van der Waals surface area contributed by atoms with Crippen molar-refractivity contribution in [2.75, 3.05) is 23.7 Å². The Kier molecular flexibility index (Phi) is 6.21. The van der Waals surface area contributed by atoms with Crippen molar-refractivity contribution in [3.63, 3.8) is 0 Å². The number of rotatable bonds is 5. The van der Waals surface area contributed by atoms with Crippen molar-refractivity contribution in [3.05, 3.63) is 75.9 Å². The second kappa shape index (κ2) is 9.19. The number of halogens is 1. The van der Waals surface area contributed by atoms with Crippen LogP contribution in [0, 0.1) is 0 Å². The van der Waals surface area contributed by atoms with E-state index in [1.54, 1.807) is 47.4 Å². The molecule has 8 heteroatoms. The van der Waals surface area contributed by atoms with Crippen LogP contribution in [0.4, 0.5) is 16.2 Å². The standard InChI is InChI=1S/C22H20ClN3O3S/c23-15-4-1-7-18(12-15)29-19-9-10-26(14-19)22(28)25-17-6-2-5-16(13-17)24-21(27)20-8-3-11-30-20/h1-8,11-13,19H,9-10,14H2,(H,24,27)(H,25,28)/t19-/m1/s1. The van der Waals surface area contributed by atoms with Crippen LogP contribution in [0.5, 0.6) is 5.75 Å². The van der Waals surface area contributed by atoms with E-state index in [-0.39, 0.29) is 18.0 Å². The van der Waals surface area contributed by atoms with Gasteiger partial charge in [-0.1, -0.05) is 29.8 Å². The molecule has 0 bridgehead atoms. The maximum atomic E-state index is 12.6. The minimum Gasteiger partial charge on any atom is -0.488 e. The summed E-state index contributed by atoms with van der Waals surface area (Å²) in [5.41, 5.74) is 1.23. The summed E-state index contributed by atoms with van der Waals surface area (Å²) < 4.78 is 5.93. The number of carbonyl (C=O) groups is 2. The Morgan fingerprint density at radius 1 is 1.03 bits per heavy atom. The van der Waals surface area contributed by atoms with E-state index in [0.29, 0.717) is 40.1 Å². The van der Waals surface area contributed by atoms with E-state index in [9.17, 15) is 9.59 Å². The van der Waals surface area contributed by atoms with Gasteiger partial charge in [0.05, 0.1) is 11.4 Å². The fourth-order valence-corrected chi connectivity index (χ4v) is 4.02. The van der Waals surface area contributed by atoms with Gasteiger partial charge in [-0.15, -0.1) is 11.3 Å². The highest BCUT2D eigenvalue weighted by Crippen LogP contribution is 2.23. The highest BCUT2D eigenvalue weighted by Gasteiger charge is 2.27. The van der Waals surface area contributed by atoms with Gasteiger partial charge in [0, 0.05) is 29.4 Å². The lowest BCUT2D eigenvalue weighted by molar-refractivity contribution is 0.103. The molecule has 1 saturated heterocycles. The van der Waals surface area contributed by atoms with Crippen LogP contribution >= 0.6 is 22.9 Å². The second-order valence-corrected chi connectivity index (χ2v) is 8.26. The number of ether oxygens (including phenoxy) is 1. The largest absolute Gasteiger partial charge is 0.488 e. The second-order valence-electron chi connectivity index (χ2n) is 6.87. The summed E-state index contributed by atoms with van der Waals surface area (Å²) in [6.07, 6.45) is 0.669. The molecule has 2 aromatic carbocycles. The smallest absolute Gasteiger partial charge is 0.321 e. The normalized spacial score (nSPS) is 15.6. The Bertz CT molecular complexity index is 1040. The SMILES string of the molecule is O=C(Nc1cccc(NC(=O)N2CC[C@@H](Oc3cccc(Cl)c3)C2)c1)c1cccs1. The Labute approximate surface area is 183 Å². The van der Waals surface area contributed by atoms with Crippen molar-refractivity contribution in [1.82, 2.24) is 4.90 Å². The first-order valence-electron chi connectivity index (χ1n) is 9.50. The highest BCUT2D eigenvalue weighted by molar-refractivity contribution is 7.12. The van der Waals surface area contributed by atoms with Gasteiger partial charge in [0.15, 0.2) is 0 Å². The number of benzene rings is 2. The molecule has 2 N–H and O–H groups in total. The predicted octanol–water partition coefficient (Wildman–Crippen LogP) is 5.34. The summed E-state index contributed by atoms with van der Waals surface area (Å²) in [7, 11) is 0. The Hall–Kier alpha value is -3.03. The Morgan fingerprint density at radius 3 is 2.60 bits per heavy atom. The third-order valence-electron chi connectivity index (χ3n) is 4.65. The van der Waals surface area contributed by atoms with Gasteiger partial charge in [-0.05, 0) is 47.8 Å². The molecule has 6 nitrogen and oxygen atoms in total. The maximum absolute atomic E-state index is 12.6. The molecule has 0 unspecified atom stereocenters. The van der Waals surface area contributed by atoms with Crippen LogP contribution in [0.25, 0.3) is 0 Å². The van der Waals surface area contributed by atoms with Crippen LogP contribution in [0.1, 0.15) is 16.1 Å². The third kappa shape index (κ3) is 5.11. The molecule has 3 amide bonds. The van der Waals surface area contributed by atoms with Gasteiger partial charge in [-0.2, -0.15) is 0 Å². The number of thiophene rings is 1. The number of nitrogens with one attached hydrogen (secondary N) is 2. The fourth-order valence-electron chi connectivity index (χ4n) is 3.22. The van der Waals surface area contributed by atoms with E-state index in [1.165, 1.54) is 11.3 Å². The van der Waals surface area contributed by atoms with Crippen molar-refractivity contribution >= 4 is 46.3 Å². The van der Waals surface area contributed by atoms with Crippen LogP contribution < -0.4 is 15.4 Å². The molecule has 2 heterocycles. The van der Waals surface area contributed by atoms with E-state index >= 15 is 0 Å². The van der Waals surface area contributed by atoms with Gasteiger partial charge >= 0.3 is 6.03 Å². The summed E-state index contributed by atoms with van der Waals surface area (Å²) in [4.78, 5) is 27.2. The average Bonchev–Trinajstić information content (AvgIpc) is 3.41. The summed E-state index contributed by atoms with van der Waals surface area (Å²) in [5, 5.41) is 8.20. The molecule has 0 radical (unpaired) electrons. The van der Waals surface area contributed by atoms with E-state index in [1.807, 2.05) is 23.6 Å². The maximum Gasteiger partial charge on any atom is 0.321 e. The monoisotopic (exact) mass is 441 g/mol. The Morgan fingerprint density at radius 2 is 1.83 bits per heavy atom. The molecule has 0 saturated carbocycles. The van der Waals surface area contributed by atoms with Crippen LogP contribution in [-0.2, 0) is 0 Å². The predicted molar refractivity (Wildman–Crippen MR) is 120 cm³/mol. The first kappa shape index (κ1) is 20.3. The molecule has 4 rings (SSSR count). The van der Waals surface area contributed by atoms with Crippen molar-refractivity contribution in [3.8, 4) is 5.75 Å². The Balaban J connectivity index is 1.32. The highest BCUT2D eigenvalue weighted by atomic mass is 35.5. The van der Waals surface area contributed by atoms with E-state index < -0.39 is 0 Å². The van der Waals surface area contributed by atoms with Gasteiger partial charge in [0.1, 0.15) is 11.9 Å². The summed E-state index contributed by atoms with van der Waals surface area (Å²) >= 11 is 7.37. The van der Waals surface area contributed by atoms with Gasteiger partial charge in [0.2, 0.25) is 0 Å². The van der Waals surface area contributed by atoms with Gasteiger partial charge in [0.25, 0.3) is 5.91 Å². The third-order valence-corrected chi connectivity index (χ3v) is 5.75. The molecule has 0 aliphatic carbocycles. The number of amides is 3. The number of hydrogen-bond acceptors (Lipinski definition) is 4. The van der Waals surface area contributed by atoms with Crippen LogP contribution in [0.15, 0.2) is 66.0 Å². The molecule has 1 aliphatic rings.